The van der Waals surface area contributed by atoms with Gasteiger partial charge in [-0.1, -0.05) is 0 Å². The lowest BCUT2D eigenvalue weighted by Gasteiger charge is -2.24. The Kier molecular flexibility index (Phi) is 5.79. The Morgan fingerprint density at radius 3 is 2.60 bits per heavy atom. The van der Waals surface area contributed by atoms with E-state index < -0.39 is 15.8 Å². The van der Waals surface area contributed by atoms with E-state index in [0.717, 1.165) is 12.7 Å². The van der Waals surface area contributed by atoms with Gasteiger partial charge >= 0.3 is 12.0 Å². The van der Waals surface area contributed by atoms with E-state index in [0.29, 0.717) is 19.5 Å². The highest BCUT2D eigenvalue weighted by Crippen LogP contribution is 2.21. The van der Waals surface area contributed by atoms with Gasteiger partial charge in [0.1, 0.15) is 9.84 Å². The van der Waals surface area contributed by atoms with Crippen LogP contribution in [-0.4, -0.2) is 74.0 Å². The monoisotopic (exact) mass is 306 g/mol. The molecular formula is C12H22N2O5S. The zero-order valence-electron chi connectivity index (χ0n) is 11.9. The molecule has 0 aromatic rings. The van der Waals surface area contributed by atoms with Crippen molar-refractivity contribution in [3.8, 4) is 0 Å². The predicted octanol–water partition coefficient (Wildman–Crippen LogP) is 0.270. The number of likely N-dealkylation sites (tertiary alicyclic amines) is 1. The molecule has 0 saturated carbocycles. The number of nitrogens with zero attached hydrogens (tertiary/aromatic N) is 2. The van der Waals surface area contributed by atoms with E-state index in [1.165, 1.54) is 4.90 Å². The molecule has 0 bridgehead atoms. The largest absolute Gasteiger partial charge is 0.481 e. The van der Waals surface area contributed by atoms with E-state index in [2.05, 4.69) is 0 Å². The van der Waals surface area contributed by atoms with Crippen molar-refractivity contribution in [3.05, 3.63) is 0 Å². The van der Waals surface area contributed by atoms with Gasteiger partial charge in [0, 0.05) is 39.4 Å². The molecule has 20 heavy (non-hydrogen) atoms. The Morgan fingerprint density at radius 2 is 2.05 bits per heavy atom. The average Bonchev–Trinajstić information content (AvgIpc) is 2.80. The molecule has 1 unspecified atom stereocenters. The molecule has 1 saturated heterocycles. The number of carbonyl (C=O) groups excluding carboxylic acids is 1. The van der Waals surface area contributed by atoms with Gasteiger partial charge in [0.15, 0.2) is 0 Å². The second-order valence-electron chi connectivity index (χ2n) is 5.37. The minimum atomic E-state index is -3.08. The van der Waals surface area contributed by atoms with E-state index in [1.54, 1.807) is 11.9 Å². The maximum atomic E-state index is 12.1. The Hall–Kier alpha value is -1.31. The summed E-state index contributed by atoms with van der Waals surface area (Å²) >= 11 is 0. The topological polar surface area (TPSA) is 95.0 Å². The van der Waals surface area contributed by atoms with Crippen LogP contribution in [-0.2, 0) is 14.6 Å². The first-order valence-corrected chi connectivity index (χ1v) is 8.64. The lowest BCUT2D eigenvalue weighted by Crippen LogP contribution is -2.41. The molecule has 0 aromatic carbocycles. The molecule has 0 radical (unpaired) electrons. The molecule has 1 aliphatic rings. The summed E-state index contributed by atoms with van der Waals surface area (Å²) in [6.45, 7) is 1.33. The molecule has 8 heteroatoms. The van der Waals surface area contributed by atoms with Gasteiger partial charge in [0.25, 0.3) is 0 Å². The predicted molar refractivity (Wildman–Crippen MR) is 74.3 cm³/mol. The Balaban J connectivity index is 2.39. The number of aliphatic carboxylic acids is 1. The molecule has 0 aromatic heterocycles. The highest BCUT2D eigenvalue weighted by atomic mass is 32.2. The van der Waals surface area contributed by atoms with E-state index in [1.807, 2.05) is 0 Å². The number of carbonyl (C=O) groups is 2. The highest BCUT2D eigenvalue weighted by molar-refractivity contribution is 7.90. The van der Waals surface area contributed by atoms with Gasteiger partial charge in [0.2, 0.25) is 0 Å². The van der Waals surface area contributed by atoms with Crippen LogP contribution in [0.15, 0.2) is 0 Å². The van der Waals surface area contributed by atoms with E-state index >= 15 is 0 Å². The van der Waals surface area contributed by atoms with Crippen molar-refractivity contribution in [2.24, 2.45) is 5.92 Å². The first-order chi connectivity index (χ1) is 9.19. The van der Waals surface area contributed by atoms with Gasteiger partial charge in [-0.2, -0.15) is 0 Å². The molecule has 7 nitrogen and oxygen atoms in total. The number of rotatable bonds is 6. The fourth-order valence-corrected chi connectivity index (χ4v) is 2.81. The van der Waals surface area contributed by atoms with E-state index in [4.69, 9.17) is 5.11 Å². The second-order valence-corrected chi connectivity index (χ2v) is 7.63. The first kappa shape index (κ1) is 16.7. The molecule has 1 N–H and O–H groups in total. The Morgan fingerprint density at radius 1 is 1.40 bits per heavy atom. The van der Waals surface area contributed by atoms with Crippen LogP contribution in [0, 0.1) is 5.92 Å². The number of hydrogen-bond donors (Lipinski definition) is 1. The van der Waals surface area contributed by atoms with Crippen LogP contribution in [0.4, 0.5) is 4.79 Å². The number of carboxylic acids is 1. The molecule has 1 atom stereocenters. The van der Waals surface area contributed by atoms with Crippen LogP contribution in [0.1, 0.15) is 19.3 Å². The van der Waals surface area contributed by atoms with Crippen molar-refractivity contribution < 1.29 is 23.1 Å². The maximum Gasteiger partial charge on any atom is 0.319 e. The number of sulfone groups is 1. The van der Waals surface area contributed by atoms with Crippen molar-refractivity contribution in [2.45, 2.75) is 19.3 Å². The summed E-state index contributed by atoms with van der Waals surface area (Å²) in [6.07, 6.45) is 2.64. The zero-order chi connectivity index (χ0) is 15.3. The van der Waals surface area contributed by atoms with Gasteiger partial charge in [-0.3, -0.25) is 4.79 Å². The van der Waals surface area contributed by atoms with Gasteiger partial charge in [-0.15, -0.1) is 0 Å². The zero-order valence-corrected chi connectivity index (χ0v) is 12.7. The highest BCUT2D eigenvalue weighted by Gasteiger charge is 2.28. The summed E-state index contributed by atoms with van der Waals surface area (Å²) < 4.78 is 22.1. The molecule has 1 fully saturated rings. The van der Waals surface area contributed by atoms with Gasteiger partial charge in [-0.25, -0.2) is 13.2 Å². The fourth-order valence-electron chi connectivity index (χ4n) is 2.21. The molecule has 1 heterocycles. The van der Waals surface area contributed by atoms with E-state index in [9.17, 15) is 18.0 Å². The SMILES string of the molecule is CN(CCS(C)(=O)=O)C(=O)N1CCC(CCC(=O)O)C1. The Labute approximate surface area is 119 Å². The summed E-state index contributed by atoms with van der Waals surface area (Å²) in [7, 11) is -1.50. The lowest BCUT2D eigenvalue weighted by atomic mass is 10.0. The third-order valence-corrected chi connectivity index (χ3v) is 4.37. The maximum absolute atomic E-state index is 12.1. The number of urea groups is 1. The fraction of sp³-hybridized carbons (Fsp3) is 0.833. The van der Waals surface area contributed by atoms with Gasteiger partial charge in [-0.05, 0) is 18.8 Å². The third-order valence-electron chi connectivity index (χ3n) is 3.45. The van der Waals surface area contributed by atoms with Gasteiger partial charge < -0.3 is 14.9 Å². The normalized spacial score (nSPS) is 19.1. The van der Waals surface area contributed by atoms with Crippen LogP contribution >= 0.6 is 0 Å². The molecule has 0 spiro atoms. The summed E-state index contributed by atoms with van der Waals surface area (Å²) in [4.78, 5) is 25.7. The Bertz CT molecular complexity index is 462. The number of hydrogen-bond acceptors (Lipinski definition) is 4. The molecule has 2 amide bonds. The molecule has 116 valence electrons. The summed E-state index contributed by atoms with van der Waals surface area (Å²) in [5.41, 5.74) is 0. The molecule has 1 aliphatic heterocycles. The average molecular weight is 306 g/mol. The second kappa shape index (κ2) is 6.92. The van der Waals surface area contributed by atoms with Gasteiger partial charge in [0.05, 0.1) is 5.75 Å². The first-order valence-electron chi connectivity index (χ1n) is 6.58. The van der Waals surface area contributed by atoms with Crippen molar-refractivity contribution in [2.75, 3.05) is 38.7 Å². The third kappa shape index (κ3) is 5.77. The van der Waals surface area contributed by atoms with Crippen molar-refractivity contribution in [3.63, 3.8) is 0 Å². The van der Waals surface area contributed by atoms with Crippen LogP contribution in [0.25, 0.3) is 0 Å². The summed E-state index contributed by atoms with van der Waals surface area (Å²) in [6, 6.07) is -0.188. The standard InChI is InChI=1S/C12H22N2O5S/c1-13(7-8-20(2,18)19)12(17)14-6-5-10(9-14)3-4-11(15)16/h10H,3-9H2,1-2H3,(H,15,16). The summed E-state index contributed by atoms with van der Waals surface area (Å²) in [5.74, 6) is -0.649. The minimum absolute atomic E-state index is 0.0501. The lowest BCUT2D eigenvalue weighted by molar-refractivity contribution is -0.137. The van der Waals surface area contributed by atoms with Crippen LogP contribution in [0.5, 0.6) is 0 Å². The molecule has 0 aliphatic carbocycles. The smallest absolute Gasteiger partial charge is 0.319 e. The van der Waals surface area contributed by atoms with Crippen molar-refractivity contribution >= 4 is 21.8 Å². The quantitative estimate of drug-likeness (QED) is 0.760. The molecule has 1 rings (SSSR count). The number of amides is 2. The van der Waals surface area contributed by atoms with Crippen molar-refractivity contribution in [1.29, 1.82) is 0 Å². The van der Waals surface area contributed by atoms with Crippen LogP contribution in [0.2, 0.25) is 0 Å². The summed E-state index contributed by atoms with van der Waals surface area (Å²) in [5, 5.41) is 8.64. The number of carboxylic acid groups (broad SMARTS) is 1. The minimum Gasteiger partial charge on any atom is -0.481 e. The molecular weight excluding hydrogens is 284 g/mol. The van der Waals surface area contributed by atoms with Crippen molar-refractivity contribution in [1.82, 2.24) is 9.80 Å². The van der Waals surface area contributed by atoms with E-state index in [-0.39, 0.29) is 30.7 Å². The van der Waals surface area contributed by atoms with Crippen LogP contribution in [0.3, 0.4) is 0 Å². The van der Waals surface area contributed by atoms with Crippen LogP contribution < -0.4 is 0 Å².